The van der Waals surface area contributed by atoms with Gasteiger partial charge in [0, 0.05) is 23.7 Å². The van der Waals surface area contributed by atoms with E-state index < -0.39 is 6.10 Å². The molecule has 0 spiro atoms. The van der Waals surface area contributed by atoms with Crippen molar-refractivity contribution in [2.75, 3.05) is 6.61 Å². The zero-order valence-corrected chi connectivity index (χ0v) is 29.2. The average molecular weight is 641 g/mol. The fourth-order valence-corrected chi connectivity index (χ4v) is 3.85. The number of thiol groups is 1. The summed E-state index contributed by atoms with van der Waals surface area (Å²) in [7, 11) is 0. The van der Waals surface area contributed by atoms with Crippen molar-refractivity contribution in [2.24, 2.45) is 21.8 Å². The summed E-state index contributed by atoms with van der Waals surface area (Å²) in [5.74, 6) is 0.00884. The van der Waals surface area contributed by atoms with Gasteiger partial charge in [0.15, 0.2) is 0 Å². The van der Waals surface area contributed by atoms with E-state index in [4.69, 9.17) is 5.11 Å². The molecule has 2 unspecified atom stereocenters. The number of aliphatic hydroxyl groups excluding tert-OH is 2. The van der Waals surface area contributed by atoms with Crippen LogP contribution in [0, 0.1) is 16.7 Å². The number of aromatic nitrogens is 3. The van der Waals surface area contributed by atoms with Crippen molar-refractivity contribution in [3.8, 4) is 0 Å². The summed E-state index contributed by atoms with van der Waals surface area (Å²) >= 11 is 8.59. The van der Waals surface area contributed by atoms with Crippen LogP contribution in [0.5, 0.6) is 0 Å². The maximum absolute atomic E-state index is 10.8. The molecule has 0 aromatic carbocycles. The first-order valence-electron chi connectivity index (χ1n) is 14.3. The average Bonchev–Trinajstić information content (AvgIpc) is 3.36. The highest BCUT2D eigenvalue weighted by Gasteiger charge is 2.35. The second-order valence-corrected chi connectivity index (χ2v) is 12.7. The van der Waals surface area contributed by atoms with Crippen molar-refractivity contribution in [1.82, 2.24) is 26.0 Å². The second-order valence-electron chi connectivity index (χ2n) is 12.2. The number of aliphatic hydroxyl groups is 2. The fourth-order valence-electron chi connectivity index (χ4n) is 3.63. The lowest BCUT2D eigenvalue weighted by Gasteiger charge is -2.35. The smallest absolute Gasteiger partial charge is 0.114 e. The van der Waals surface area contributed by atoms with E-state index in [1.807, 2.05) is 19.1 Å². The molecule has 2 rings (SSSR count). The molecular formula is C34H52N6O2S2. The lowest BCUT2D eigenvalue weighted by atomic mass is 9.73. The van der Waals surface area contributed by atoms with Crippen LogP contribution in [0.25, 0.3) is 17.8 Å². The van der Waals surface area contributed by atoms with E-state index in [-0.39, 0.29) is 17.9 Å². The molecule has 0 saturated heterocycles. The molecule has 0 amide bonds. The van der Waals surface area contributed by atoms with Gasteiger partial charge in [0.05, 0.1) is 12.3 Å². The predicted octanol–water partition coefficient (Wildman–Crippen LogP) is 7.33. The summed E-state index contributed by atoms with van der Waals surface area (Å²) in [5, 5.41) is 34.9. The standard InChI is InChI=1S/C17H23N3OS.C11H20O.C6H9N3S/c1-6-13-14(7-8-22)19-20(18-13)15-10-11(2)9-12(16(15)21)17(3,4)5;1-10(6-5-9-12)7-8-11(2,3)4;1-2-4-7-9-8-5-3-6-10/h6-10,12,16,21-22H,1H2,2-5H3;5-7,12H,8-9H2,1-4H3;2-6,8-9H,1H2/b8-7+;6-5-,10-7-;5-3?,7-4+. The Morgan fingerprint density at radius 3 is 2.36 bits per heavy atom. The van der Waals surface area contributed by atoms with E-state index in [0.29, 0.717) is 22.5 Å². The summed E-state index contributed by atoms with van der Waals surface area (Å²) in [6, 6.07) is 0. The number of nitrogens with one attached hydrogen (secondary N) is 2. The molecule has 2 atom stereocenters. The Kier molecular flexibility index (Phi) is 19.8. The molecule has 1 aromatic heterocycles. The van der Waals surface area contributed by atoms with Crippen LogP contribution in [0.1, 0.15) is 73.2 Å². The highest BCUT2D eigenvalue weighted by atomic mass is 32.1. The van der Waals surface area contributed by atoms with Crippen molar-refractivity contribution in [2.45, 2.75) is 67.9 Å². The monoisotopic (exact) mass is 640 g/mol. The molecule has 0 aliphatic heterocycles. The van der Waals surface area contributed by atoms with Crippen LogP contribution in [-0.2, 0) is 0 Å². The summed E-state index contributed by atoms with van der Waals surface area (Å²) in [6.07, 6.45) is 20.2. The lowest BCUT2D eigenvalue weighted by molar-refractivity contribution is 0.108. The highest BCUT2D eigenvalue weighted by molar-refractivity contribution is 7.83. The first-order chi connectivity index (χ1) is 20.6. The Balaban J connectivity index is 0.000000711. The Morgan fingerprint density at radius 1 is 1.18 bits per heavy atom. The van der Waals surface area contributed by atoms with Gasteiger partial charge >= 0.3 is 0 Å². The normalized spacial score (nSPS) is 17.5. The molecular weight excluding hydrogens is 589 g/mol. The van der Waals surface area contributed by atoms with E-state index in [1.54, 1.807) is 42.0 Å². The van der Waals surface area contributed by atoms with E-state index in [0.717, 1.165) is 12.0 Å². The van der Waals surface area contributed by atoms with Gasteiger partial charge < -0.3 is 10.2 Å². The minimum atomic E-state index is -0.651. The van der Waals surface area contributed by atoms with Crippen LogP contribution in [-0.4, -0.2) is 49.5 Å². The number of allylic oxidation sites excluding steroid dienone is 7. The maximum Gasteiger partial charge on any atom is 0.114 e. The molecule has 1 aliphatic rings. The zero-order valence-electron chi connectivity index (χ0n) is 27.5. The third-order valence-corrected chi connectivity index (χ3v) is 6.18. The summed E-state index contributed by atoms with van der Waals surface area (Å²) in [4.78, 5) is 1.50. The summed E-state index contributed by atoms with van der Waals surface area (Å²) < 4.78 is 0. The first-order valence-corrected chi connectivity index (χ1v) is 15.3. The highest BCUT2D eigenvalue weighted by Crippen LogP contribution is 2.37. The molecule has 0 saturated carbocycles. The quantitative estimate of drug-likeness (QED) is 0.0328. The van der Waals surface area contributed by atoms with Gasteiger partial charge in [0.1, 0.15) is 17.5 Å². The topological polar surface area (TPSA) is 108 Å². The van der Waals surface area contributed by atoms with Crippen molar-refractivity contribution in [1.29, 1.82) is 0 Å². The molecule has 1 heterocycles. The van der Waals surface area contributed by atoms with Crippen LogP contribution in [0.3, 0.4) is 0 Å². The number of hydrogen-bond donors (Lipinski definition) is 5. The number of nitrogens with zero attached hydrogens (tertiary/aromatic N) is 4. The molecule has 242 valence electrons. The van der Waals surface area contributed by atoms with Crippen LogP contribution < -0.4 is 11.0 Å². The Bertz CT molecular complexity index is 1240. The van der Waals surface area contributed by atoms with Gasteiger partial charge in [-0.05, 0) is 66.9 Å². The molecule has 1 aromatic rings. The van der Waals surface area contributed by atoms with Crippen molar-refractivity contribution in [3.05, 3.63) is 89.8 Å². The van der Waals surface area contributed by atoms with Gasteiger partial charge in [-0.2, -0.15) is 22.5 Å². The van der Waals surface area contributed by atoms with Gasteiger partial charge in [-0.25, -0.2) is 5.53 Å². The molecule has 44 heavy (non-hydrogen) atoms. The van der Waals surface area contributed by atoms with Gasteiger partial charge in [-0.15, -0.1) is 10.2 Å². The van der Waals surface area contributed by atoms with Gasteiger partial charge in [0.2, 0.25) is 0 Å². The molecule has 10 heteroatoms. The predicted molar refractivity (Wildman–Crippen MR) is 197 cm³/mol. The molecule has 0 bridgehead atoms. The van der Waals surface area contributed by atoms with E-state index >= 15 is 0 Å². The van der Waals surface area contributed by atoms with Crippen LogP contribution in [0.15, 0.2) is 83.5 Å². The van der Waals surface area contributed by atoms with Crippen LogP contribution in [0.2, 0.25) is 0 Å². The first kappa shape index (κ1) is 40.7. The van der Waals surface area contributed by atoms with Gasteiger partial charge in [0.25, 0.3) is 0 Å². The van der Waals surface area contributed by atoms with Crippen molar-refractivity contribution >= 4 is 54.3 Å². The van der Waals surface area contributed by atoms with Crippen molar-refractivity contribution in [3.63, 3.8) is 0 Å². The zero-order chi connectivity index (χ0) is 33.8. The van der Waals surface area contributed by atoms with Crippen LogP contribution in [0.4, 0.5) is 0 Å². The maximum atomic E-state index is 10.8. The Morgan fingerprint density at radius 2 is 1.84 bits per heavy atom. The number of hydrogen-bond acceptors (Lipinski definition) is 9. The second kappa shape index (κ2) is 21.4. The Hall–Kier alpha value is -3.31. The van der Waals surface area contributed by atoms with Gasteiger partial charge in [-0.3, -0.25) is 5.43 Å². The lowest BCUT2D eigenvalue weighted by Crippen LogP contribution is -2.35. The SMILES string of the molecule is C=C/C=N/NNC=CC=S.C=Cc1nn(C2=CC(C)=CC(C(C)(C)C)C2O)nc1/C=C/S.CC(/C=C\CO)=C/CC(C)(C)C. The molecule has 8 nitrogen and oxygen atoms in total. The minimum Gasteiger partial charge on any atom is -0.392 e. The van der Waals surface area contributed by atoms with E-state index in [1.165, 1.54) is 22.0 Å². The molecule has 0 fully saturated rings. The Labute approximate surface area is 275 Å². The molecule has 1 aliphatic carbocycles. The molecule has 4 N–H and O–H groups in total. The summed E-state index contributed by atoms with van der Waals surface area (Å²) in [5.41, 5.74) is 9.81. The fraction of sp³-hybridized carbons (Fsp3) is 0.412. The van der Waals surface area contributed by atoms with E-state index in [9.17, 15) is 5.11 Å². The van der Waals surface area contributed by atoms with Gasteiger partial charge in [-0.1, -0.05) is 102 Å². The summed E-state index contributed by atoms with van der Waals surface area (Å²) in [6.45, 7) is 24.4. The number of thiocarbonyl (C=S) groups is 1. The largest absolute Gasteiger partial charge is 0.392 e. The third kappa shape index (κ3) is 17.1. The minimum absolute atomic E-state index is 0.00884. The molecule has 0 radical (unpaired) electrons. The van der Waals surface area contributed by atoms with E-state index in [2.05, 4.69) is 125 Å². The number of hydrazone groups is 1. The van der Waals surface area contributed by atoms with Crippen LogP contribution >= 0.6 is 24.8 Å². The third-order valence-electron chi connectivity index (χ3n) is 5.87. The number of rotatable bonds is 11. The van der Waals surface area contributed by atoms with Crippen molar-refractivity contribution < 1.29 is 10.2 Å². The number of hydrazine groups is 1.